The van der Waals surface area contributed by atoms with E-state index in [1.54, 1.807) is 5.57 Å². The summed E-state index contributed by atoms with van der Waals surface area (Å²) in [7, 11) is 0. The minimum Gasteiger partial charge on any atom is -0.393 e. The molecule has 1 N–H and O–H groups in total. The van der Waals surface area contributed by atoms with Crippen molar-refractivity contribution in [1.29, 1.82) is 0 Å². The van der Waals surface area contributed by atoms with Crippen LogP contribution in [0.5, 0.6) is 0 Å². The fourth-order valence-corrected chi connectivity index (χ4v) is 5.91. The zero-order chi connectivity index (χ0) is 15.5. The Morgan fingerprint density at radius 2 is 1.86 bits per heavy atom. The zero-order valence-corrected chi connectivity index (χ0v) is 14.3. The third-order valence-corrected chi connectivity index (χ3v) is 7.35. The van der Waals surface area contributed by atoms with Crippen LogP contribution in [-0.2, 0) is 0 Å². The highest BCUT2D eigenvalue weighted by molar-refractivity contribution is 5.27. The van der Waals surface area contributed by atoms with Crippen LogP contribution in [-0.4, -0.2) is 11.2 Å². The van der Waals surface area contributed by atoms with Crippen molar-refractivity contribution in [2.75, 3.05) is 0 Å². The molecule has 0 spiro atoms. The van der Waals surface area contributed by atoms with E-state index in [1.807, 2.05) is 0 Å². The van der Waals surface area contributed by atoms with Gasteiger partial charge in [-0.2, -0.15) is 0 Å². The van der Waals surface area contributed by atoms with Crippen molar-refractivity contribution in [3.05, 3.63) is 24.3 Å². The minimum absolute atomic E-state index is 0.0777. The van der Waals surface area contributed by atoms with Crippen molar-refractivity contribution in [1.82, 2.24) is 0 Å². The Morgan fingerprint density at radius 1 is 1.14 bits per heavy atom. The lowest BCUT2D eigenvalue weighted by Crippen LogP contribution is -2.57. The Balaban J connectivity index is 2.01. The topological polar surface area (TPSA) is 20.2 Å². The second-order valence-corrected chi connectivity index (χ2v) is 9.02. The number of rotatable bonds is 1. The van der Waals surface area contributed by atoms with E-state index < -0.39 is 0 Å². The van der Waals surface area contributed by atoms with E-state index in [0.717, 1.165) is 6.42 Å². The molecule has 21 heavy (non-hydrogen) atoms. The van der Waals surface area contributed by atoms with Gasteiger partial charge in [0.05, 0.1) is 6.10 Å². The van der Waals surface area contributed by atoms with Gasteiger partial charge < -0.3 is 5.11 Å². The van der Waals surface area contributed by atoms with Gasteiger partial charge in [0.2, 0.25) is 0 Å². The molecular formula is C20H32O. The number of aliphatic hydroxyl groups is 1. The average Bonchev–Trinajstić information content (AvgIpc) is 2.43. The molecule has 0 amide bonds. The molecule has 3 aliphatic rings. The molecule has 0 radical (unpaired) electrons. The fourth-order valence-electron chi connectivity index (χ4n) is 5.91. The predicted octanol–water partition coefficient (Wildman–Crippen LogP) is 5.11. The highest BCUT2D eigenvalue weighted by Gasteiger charge is 2.58. The van der Waals surface area contributed by atoms with E-state index in [4.69, 9.17) is 0 Å². The molecule has 0 unspecified atom stereocenters. The number of allylic oxidation sites excluding steroid dienone is 3. The summed E-state index contributed by atoms with van der Waals surface area (Å²) < 4.78 is 0. The summed E-state index contributed by atoms with van der Waals surface area (Å²) in [6.45, 7) is 13.6. The van der Waals surface area contributed by atoms with E-state index in [-0.39, 0.29) is 16.9 Å². The Kier molecular flexibility index (Phi) is 3.44. The van der Waals surface area contributed by atoms with E-state index in [2.05, 4.69) is 46.4 Å². The summed E-state index contributed by atoms with van der Waals surface area (Å²) in [5.41, 5.74) is 2.23. The van der Waals surface area contributed by atoms with Gasteiger partial charge in [0.1, 0.15) is 0 Å². The highest BCUT2D eigenvalue weighted by atomic mass is 16.3. The predicted molar refractivity (Wildman–Crippen MR) is 89.0 cm³/mol. The van der Waals surface area contributed by atoms with Crippen molar-refractivity contribution in [2.45, 2.75) is 72.3 Å². The quantitative estimate of drug-likeness (QED) is 0.665. The molecule has 0 aromatic heterocycles. The molecule has 0 bridgehead atoms. The van der Waals surface area contributed by atoms with Gasteiger partial charge in [0.15, 0.2) is 0 Å². The fraction of sp³-hybridized carbons (Fsp3) is 0.800. The van der Waals surface area contributed by atoms with Gasteiger partial charge in [-0.15, -0.1) is 6.58 Å². The van der Waals surface area contributed by atoms with Crippen LogP contribution in [0.25, 0.3) is 0 Å². The van der Waals surface area contributed by atoms with E-state index in [0.29, 0.717) is 17.3 Å². The van der Waals surface area contributed by atoms with Crippen molar-refractivity contribution in [3.63, 3.8) is 0 Å². The van der Waals surface area contributed by atoms with Gasteiger partial charge in [-0.1, -0.05) is 45.4 Å². The van der Waals surface area contributed by atoms with Gasteiger partial charge in [-0.25, -0.2) is 0 Å². The maximum Gasteiger partial charge on any atom is 0.0602 e. The molecule has 2 saturated carbocycles. The molecule has 3 aliphatic carbocycles. The largest absolute Gasteiger partial charge is 0.393 e. The number of hydrogen-bond donors (Lipinski definition) is 1. The first-order valence-corrected chi connectivity index (χ1v) is 8.76. The Bertz CT molecular complexity index is 474. The maximum atomic E-state index is 10.9. The molecule has 0 aromatic rings. The highest BCUT2D eigenvalue weighted by Crippen LogP contribution is 2.63. The number of fused-ring (bicyclic) bond motifs is 3. The summed E-state index contributed by atoms with van der Waals surface area (Å²) >= 11 is 0. The summed E-state index contributed by atoms with van der Waals surface area (Å²) in [6, 6.07) is 0. The molecule has 2 fully saturated rings. The van der Waals surface area contributed by atoms with Crippen LogP contribution in [0.1, 0.15) is 66.2 Å². The van der Waals surface area contributed by atoms with Crippen molar-refractivity contribution in [3.8, 4) is 0 Å². The smallest absolute Gasteiger partial charge is 0.0602 e. The average molecular weight is 288 g/mol. The third kappa shape index (κ3) is 2.15. The molecule has 0 aliphatic heterocycles. The van der Waals surface area contributed by atoms with E-state index >= 15 is 0 Å². The summed E-state index contributed by atoms with van der Waals surface area (Å²) in [5.74, 6) is 1.24. The SMILES string of the molecule is C=C[C@]1(C)C=C2CC[C@H]3C(C)(C)CC[C@H](O)[C@]3(C)[C@H]2CC1. The zero-order valence-electron chi connectivity index (χ0n) is 14.3. The first kappa shape index (κ1) is 15.3. The Labute approximate surface area is 130 Å². The summed E-state index contributed by atoms with van der Waals surface area (Å²) in [6.07, 6.45) is 11.5. The van der Waals surface area contributed by atoms with Crippen molar-refractivity contribution in [2.24, 2.45) is 28.1 Å². The lowest BCUT2D eigenvalue weighted by molar-refractivity contribution is -0.141. The third-order valence-electron chi connectivity index (χ3n) is 7.35. The normalized spacial score (nSPS) is 48.8. The van der Waals surface area contributed by atoms with Gasteiger partial charge in [-0.05, 0) is 55.8 Å². The number of hydrogen-bond acceptors (Lipinski definition) is 1. The van der Waals surface area contributed by atoms with Crippen molar-refractivity contribution < 1.29 is 5.11 Å². The monoisotopic (exact) mass is 288 g/mol. The van der Waals surface area contributed by atoms with Crippen LogP contribution in [0.4, 0.5) is 0 Å². The summed E-state index contributed by atoms with van der Waals surface area (Å²) in [5, 5.41) is 10.9. The lowest BCUT2D eigenvalue weighted by atomic mass is 9.44. The number of aliphatic hydroxyl groups excluding tert-OH is 1. The van der Waals surface area contributed by atoms with Crippen molar-refractivity contribution >= 4 is 0 Å². The van der Waals surface area contributed by atoms with Gasteiger partial charge in [0, 0.05) is 10.8 Å². The Hall–Kier alpha value is -0.560. The van der Waals surface area contributed by atoms with Crippen LogP contribution >= 0.6 is 0 Å². The first-order valence-electron chi connectivity index (χ1n) is 8.76. The van der Waals surface area contributed by atoms with E-state index in [9.17, 15) is 5.11 Å². The molecule has 0 saturated heterocycles. The van der Waals surface area contributed by atoms with Crippen LogP contribution in [0.3, 0.4) is 0 Å². The van der Waals surface area contributed by atoms with Crippen LogP contribution < -0.4 is 0 Å². The van der Waals surface area contributed by atoms with Gasteiger partial charge in [-0.3, -0.25) is 0 Å². The standard InChI is InChI=1S/C20H32O/c1-6-19(4)12-9-15-14(13-19)7-8-16-18(2,3)11-10-17(21)20(15,16)5/h6,13,15-17,21H,1,7-12H2,2-5H3/t15-,16-,17-,19-,20+/m0/s1. The second kappa shape index (κ2) is 4.72. The maximum absolute atomic E-state index is 10.9. The molecule has 0 aromatic carbocycles. The molecule has 3 rings (SSSR count). The first-order chi connectivity index (χ1) is 9.73. The molecule has 0 heterocycles. The van der Waals surface area contributed by atoms with Gasteiger partial charge in [0.25, 0.3) is 0 Å². The molecule has 1 nitrogen and oxygen atoms in total. The molecule has 5 atom stereocenters. The van der Waals surface area contributed by atoms with Gasteiger partial charge >= 0.3 is 0 Å². The van der Waals surface area contributed by atoms with Crippen LogP contribution in [0.2, 0.25) is 0 Å². The van der Waals surface area contributed by atoms with E-state index in [1.165, 1.54) is 32.1 Å². The molecule has 118 valence electrons. The second-order valence-electron chi connectivity index (χ2n) is 9.02. The molecule has 1 heteroatoms. The van der Waals surface area contributed by atoms with Crippen LogP contribution in [0, 0.1) is 28.1 Å². The summed E-state index contributed by atoms with van der Waals surface area (Å²) in [4.78, 5) is 0. The Morgan fingerprint density at radius 3 is 2.52 bits per heavy atom. The molecular weight excluding hydrogens is 256 g/mol. The van der Waals surface area contributed by atoms with Crippen LogP contribution in [0.15, 0.2) is 24.3 Å². The minimum atomic E-state index is -0.127. The lowest BCUT2D eigenvalue weighted by Gasteiger charge is -2.61.